The summed E-state index contributed by atoms with van der Waals surface area (Å²) in [5.41, 5.74) is 0. The summed E-state index contributed by atoms with van der Waals surface area (Å²) in [7, 11) is 2.22. The van der Waals surface area contributed by atoms with Crippen molar-refractivity contribution >= 4 is 0 Å². The molecule has 2 heterocycles. The van der Waals surface area contributed by atoms with Crippen LogP contribution in [0.5, 0.6) is 0 Å². The minimum absolute atomic E-state index is 0.486. The Labute approximate surface area is 97.8 Å². The lowest BCUT2D eigenvalue weighted by molar-refractivity contribution is 0.291. The Bertz CT molecular complexity index is 297. The van der Waals surface area contributed by atoms with Crippen LogP contribution in [0, 0.1) is 0 Å². The zero-order valence-electron chi connectivity index (χ0n) is 10.3. The molecule has 0 spiro atoms. The van der Waals surface area contributed by atoms with Gasteiger partial charge in [0.2, 0.25) is 0 Å². The monoisotopic (exact) mass is 222 g/mol. The molecule has 1 aliphatic heterocycles. The van der Waals surface area contributed by atoms with Gasteiger partial charge in [-0.1, -0.05) is 0 Å². The van der Waals surface area contributed by atoms with Crippen LogP contribution in [-0.2, 0) is 6.42 Å². The first-order chi connectivity index (χ1) is 7.75. The smallest absolute Gasteiger partial charge is 0.105 e. The van der Waals surface area contributed by atoms with Crippen LogP contribution in [0.1, 0.15) is 25.5 Å². The van der Waals surface area contributed by atoms with Crippen molar-refractivity contribution in [2.75, 3.05) is 20.1 Å². The van der Waals surface area contributed by atoms with Gasteiger partial charge in [-0.15, -0.1) is 0 Å². The fraction of sp³-hybridized carbons (Fsp3) is 0.692. The van der Waals surface area contributed by atoms with Gasteiger partial charge in [0.05, 0.1) is 6.26 Å². The number of nitrogens with zero attached hydrogens (tertiary/aromatic N) is 1. The fourth-order valence-electron chi connectivity index (χ4n) is 2.38. The van der Waals surface area contributed by atoms with Gasteiger partial charge in [-0.2, -0.15) is 0 Å². The summed E-state index contributed by atoms with van der Waals surface area (Å²) < 4.78 is 5.35. The van der Waals surface area contributed by atoms with Crippen molar-refractivity contribution in [1.29, 1.82) is 0 Å². The fourth-order valence-corrected chi connectivity index (χ4v) is 2.38. The molecule has 2 rings (SSSR count). The molecule has 0 saturated carbocycles. The zero-order valence-corrected chi connectivity index (χ0v) is 10.3. The van der Waals surface area contributed by atoms with Crippen LogP contribution in [0.15, 0.2) is 22.8 Å². The van der Waals surface area contributed by atoms with Gasteiger partial charge in [0.15, 0.2) is 0 Å². The van der Waals surface area contributed by atoms with Crippen LogP contribution in [0.3, 0.4) is 0 Å². The molecule has 1 aromatic rings. The third kappa shape index (κ3) is 3.09. The second kappa shape index (κ2) is 5.51. The summed E-state index contributed by atoms with van der Waals surface area (Å²) in [5, 5.41) is 3.59. The molecule has 0 bridgehead atoms. The van der Waals surface area contributed by atoms with E-state index in [4.69, 9.17) is 4.42 Å². The van der Waals surface area contributed by atoms with Crippen LogP contribution in [0.2, 0.25) is 0 Å². The molecule has 16 heavy (non-hydrogen) atoms. The number of hydrogen-bond acceptors (Lipinski definition) is 3. The van der Waals surface area contributed by atoms with E-state index in [0.717, 1.165) is 24.8 Å². The van der Waals surface area contributed by atoms with Crippen LogP contribution >= 0.6 is 0 Å². The summed E-state index contributed by atoms with van der Waals surface area (Å²) in [5.74, 6) is 1.07. The molecule has 1 aromatic heterocycles. The molecule has 0 radical (unpaired) electrons. The Morgan fingerprint density at radius 2 is 2.50 bits per heavy atom. The Kier molecular flexibility index (Phi) is 4.02. The van der Waals surface area contributed by atoms with Gasteiger partial charge in [-0.3, -0.25) is 0 Å². The zero-order chi connectivity index (χ0) is 11.4. The first-order valence-corrected chi connectivity index (χ1v) is 6.21. The number of hydrogen-bond donors (Lipinski definition) is 1. The van der Waals surface area contributed by atoms with Crippen molar-refractivity contribution in [3.05, 3.63) is 24.2 Å². The third-order valence-electron chi connectivity index (χ3n) is 3.46. The lowest BCUT2D eigenvalue weighted by Gasteiger charge is -2.22. The minimum atomic E-state index is 0.486. The predicted molar refractivity (Wildman–Crippen MR) is 65.5 cm³/mol. The Morgan fingerprint density at radius 1 is 1.62 bits per heavy atom. The van der Waals surface area contributed by atoms with E-state index < -0.39 is 0 Å². The van der Waals surface area contributed by atoms with Crippen molar-refractivity contribution in [2.45, 2.75) is 38.3 Å². The van der Waals surface area contributed by atoms with Crippen molar-refractivity contribution in [2.24, 2.45) is 0 Å². The van der Waals surface area contributed by atoms with Crippen molar-refractivity contribution in [3.8, 4) is 0 Å². The van der Waals surface area contributed by atoms with E-state index in [2.05, 4.69) is 24.2 Å². The molecule has 2 unspecified atom stereocenters. The number of nitrogens with one attached hydrogen (secondary N) is 1. The summed E-state index contributed by atoms with van der Waals surface area (Å²) in [6, 6.07) is 5.20. The van der Waals surface area contributed by atoms with Crippen molar-refractivity contribution in [3.63, 3.8) is 0 Å². The summed E-state index contributed by atoms with van der Waals surface area (Å²) in [6.45, 7) is 4.56. The van der Waals surface area contributed by atoms with Crippen LogP contribution in [0.4, 0.5) is 0 Å². The Balaban J connectivity index is 1.69. The maximum Gasteiger partial charge on any atom is 0.105 e. The average Bonchev–Trinajstić information content (AvgIpc) is 2.87. The second-order valence-corrected chi connectivity index (χ2v) is 4.87. The molecule has 1 fully saturated rings. The minimum Gasteiger partial charge on any atom is -0.469 e. The molecule has 3 nitrogen and oxygen atoms in total. The molecule has 0 aliphatic carbocycles. The molecular weight excluding hydrogens is 200 g/mol. The number of furan rings is 1. The largest absolute Gasteiger partial charge is 0.469 e. The van der Waals surface area contributed by atoms with Crippen LogP contribution < -0.4 is 5.32 Å². The van der Waals surface area contributed by atoms with E-state index in [0.29, 0.717) is 6.04 Å². The first-order valence-electron chi connectivity index (χ1n) is 6.21. The SMILES string of the molecule is CC(Cc1ccco1)NCC1CCCN1C. The lowest BCUT2D eigenvalue weighted by Crippen LogP contribution is -2.39. The van der Waals surface area contributed by atoms with Gasteiger partial charge in [0, 0.05) is 25.0 Å². The predicted octanol–water partition coefficient (Wildman–Crippen LogP) is 1.89. The van der Waals surface area contributed by atoms with E-state index in [9.17, 15) is 0 Å². The van der Waals surface area contributed by atoms with E-state index in [1.165, 1.54) is 19.4 Å². The second-order valence-electron chi connectivity index (χ2n) is 4.87. The van der Waals surface area contributed by atoms with Crippen LogP contribution in [0.25, 0.3) is 0 Å². The van der Waals surface area contributed by atoms with E-state index in [1.54, 1.807) is 6.26 Å². The highest BCUT2D eigenvalue weighted by Crippen LogP contribution is 2.14. The average molecular weight is 222 g/mol. The van der Waals surface area contributed by atoms with Gasteiger partial charge in [0.1, 0.15) is 5.76 Å². The summed E-state index contributed by atoms with van der Waals surface area (Å²) in [6.07, 6.45) is 5.39. The van der Waals surface area contributed by atoms with Gasteiger partial charge >= 0.3 is 0 Å². The van der Waals surface area contributed by atoms with Gasteiger partial charge < -0.3 is 14.6 Å². The highest BCUT2D eigenvalue weighted by atomic mass is 16.3. The summed E-state index contributed by atoms with van der Waals surface area (Å²) in [4.78, 5) is 2.45. The number of likely N-dealkylation sites (tertiary alicyclic amines) is 1. The summed E-state index contributed by atoms with van der Waals surface area (Å²) >= 11 is 0. The molecule has 3 heteroatoms. The molecule has 90 valence electrons. The maximum atomic E-state index is 5.35. The van der Waals surface area contributed by atoms with Crippen molar-refractivity contribution < 1.29 is 4.42 Å². The molecule has 1 aliphatic rings. The quantitative estimate of drug-likeness (QED) is 0.824. The molecular formula is C13H22N2O. The van der Waals surface area contributed by atoms with Gasteiger partial charge in [0.25, 0.3) is 0 Å². The molecule has 0 aromatic carbocycles. The molecule has 1 saturated heterocycles. The maximum absolute atomic E-state index is 5.35. The standard InChI is InChI=1S/C13H22N2O/c1-11(9-13-6-4-8-16-13)14-10-12-5-3-7-15(12)2/h4,6,8,11-12,14H,3,5,7,9-10H2,1-2H3. The highest BCUT2D eigenvalue weighted by molar-refractivity contribution is 5.00. The van der Waals surface area contributed by atoms with Crippen LogP contribution in [-0.4, -0.2) is 37.1 Å². The van der Waals surface area contributed by atoms with E-state index in [1.807, 2.05) is 12.1 Å². The molecule has 0 amide bonds. The Morgan fingerprint density at radius 3 is 3.12 bits per heavy atom. The van der Waals surface area contributed by atoms with Gasteiger partial charge in [-0.05, 0) is 45.5 Å². The molecule has 1 N–H and O–H groups in total. The first kappa shape index (κ1) is 11.7. The number of rotatable bonds is 5. The topological polar surface area (TPSA) is 28.4 Å². The van der Waals surface area contributed by atoms with E-state index in [-0.39, 0.29) is 0 Å². The van der Waals surface area contributed by atoms with Crippen molar-refractivity contribution in [1.82, 2.24) is 10.2 Å². The van der Waals surface area contributed by atoms with E-state index >= 15 is 0 Å². The normalized spacial score (nSPS) is 23.8. The number of likely N-dealkylation sites (N-methyl/N-ethyl adjacent to an activating group) is 1. The lowest BCUT2D eigenvalue weighted by atomic mass is 10.1. The Hall–Kier alpha value is -0.800. The molecule has 2 atom stereocenters. The third-order valence-corrected chi connectivity index (χ3v) is 3.46. The van der Waals surface area contributed by atoms with Gasteiger partial charge in [-0.25, -0.2) is 0 Å². The highest BCUT2D eigenvalue weighted by Gasteiger charge is 2.20.